The molecule has 0 bridgehead atoms. The van der Waals surface area contributed by atoms with Crippen molar-refractivity contribution in [3.8, 4) is 11.5 Å². The number of carbonyl (C=O) groups is 1. The molecule has 0 saturated heterocycles. The van der Waals surface area contributed by atoms with Gasteiger partial charge in [-0.15, -0.1) is 0 Å². The number of rotatable bonds is 7. The number of aromatic hydroxyl groups is 1. The van der Waals surface area contributed by atoms with Crippen molar-refractivity contribution in [2.75, 3.05) is 0 Å². The SMILES string of the molecule is C=C(C)C(=O)OC(C=Cc1ccc(O)cc1)C=Cc1ccc(OC(C)(C)C)cc1. The molecule has 0 aliphatic carbocycles. The highest BCUT2D eigenvalue weighted by Gasteiger charge is 2.11. The van der Waals surface area contributed by atoms with Gasteiger partial charge in [0.05, 0.1) is 0 Å². The van der Waals surface area contributed by atoms with Gasteiger partial charge in [-0.1, -0.05) is 43.0 Å². The molecule has 0 fully saturated rings. The highest BCUT2D eigenvalue weighted by molar-refractivity contribution is 5.87. The van der Waals surface area contributed by atoms with Gasteiger partial charge in [0.25, 0.3) is 0 Å². The second-order valence-electron chi connectivity index (χ2n) is 7.74. The Kier molecular flexibility index (Phi) is 7.43. The summed E-state index contributed by atoms with van der Waals surface area (Å²) >= 11 is 0. The second kappa shape index (κ2) is 9.78. The van der Waals surface area contributed by atoms with E-state index in [1.165, 1.54) is 0 Å². The Balaban J connectivity index is 2.14. The quantitative estimate of drug-likeness (QED) is 0.479. The lowest BCUT2D eigenvalue weighted by Crippen LogP contribution is -2.22. The lowest BCUT2D eigenvalue weighted by molar-refractivity contribution is -0.140. The average molecular weight is 392 g/mol. The van der Waals surface area contributed by atoms with Crippen LogP contribution in [0.4, 0.5) is 0 Å². The summed E-state index contributed by atoms with van der Waals surface area (Å²) in [6.45, 7) is 11.2. The summed E-state index contributed by atoms with van der Waals surface area (Å²) in [6, 6.07) is 14.5. The molecule has 29 heavy (non-hydrogen) atoms. The predicted molar refractivity (Wildman–Crippen MR) is 118 cm³/mol. The summed E-state index contributed by atoms with van der Waals surface area (Å²) in [7, 11) is 0. The standard InChI is InChI=1S/C25H28O4/c1-18(2)24(27)28-22(14-8-19-6-12-21(26)13-7-19)15-9-20-10-16-23(17-11-20)29-25(3,4)5/h6-17,22,26H,1H2,2-5H3. The first-order valence-corrected chi connectivity index (χ1v) is 9.43. The van der Waals surface area contributed by atoms with E-state index in [2.05, 4.69) is 6.58 Å². The predicted octanol–water partition coefficient (Wildman–Crippen LogP) is 5.78. The van der Waals surface area contributed by atoms with Gasteiger partial charge in [-0.05, 0) is 75.2 Å². The zero-order chi connectivity index (χ0) is 21.4. The van der Waals surface area contributed by atoms with Gasteiger partial charge in [0.2, 0.25) is 0 Å². The summed E-state index contributed by atoms with van der Waals surface area (Å²) in [6.07, 6.45) is 6.75. The molecule has 2 rings (SSSR count). The van der Waals surface area contributed by atoms with Gasteiger partial charge in [-0.2, -0.15) is 0 Å². The largest absolute Gasteiger partial charge is 0.508 e. The van der Waals surface area contributed by atoms with Crippen LogP contribution < -0.4 is 4.74 Å². The minimum absolute atomic E-state index is 0.200. The van der Waals surface area contributed by atoms with Crippen molar-refractivity contribution in [3.63, 3.8) is 0 Å². The first-order chi connectivity index (χ1) is 13.6. The lowest BCUT2D eigenvalue weighted by atomic mass is 10.1. The fourth-order valence-electron chi connectivity index (χ4n) is 2.36. The van der Waals surface area contributed by atoms with E-state index in [1.54, 1.807) is 43.3 Å². The average Bonchev–Trinajstić information content (AvgIpc) is 2.65. The molecule has 1 N–H and O–H groups in total. The molecule has 0 heterocycles. The highest BCUT2D eigenvalue weighted by atomic mass is 16.5. The molecule has 4 nitrogen and oxygen atoms in total. The van der Waals surface area contributed by atoms with E-state index in [1.807, 2.05) is 57.2 Å². The van der Waals surface area contributed by atoms with Crippen molar-refractivity contribution in [3.05, 3.63) is 84.0 Å². The molecule has 0 aromatic heterocycles. The van der Waals surface area contributed by atoms with Crippen LogP contribution in [0.3, 0.4) is 0 Å². The summed E-state index contributed by atoms with van der Waals surface area (Å²) in [4.78, 5) is 12.0. The van der Waals surface area contributed by atoms with Crippen LogP contribution >= 0.6 is 0 Å². The molecule has 2 aromatic carbocycles. The van der Waals surface area contributed by atoms with Gasteiger partial charge in [0.1, 0.15) is 23.2 Å². The minimum Gasteiger partial charge on any atom is -0.508 e. The Morgan fingerprint density at radius 2 is 1.45 bits per heavy atom. The van der Waals surface area contributed by atoms with Crippen LogP contribution in [0.1, 0.15) is 38.8 Å². The number of hydrogen-bond donors (Lipinski definition) is 1. The van der Waals surface area contributed by atoms with Crippen LogP contribution in [-0.4, -0.2) is 22.8 Å². The van der Waals surface area contributed by atoms with Crippen molar-refractivity contribution in [2.24, 2.45) is 0 Å². The Bertz CT molecular complexity index is 882. The molecule has 1 atom stereocenters. The van der Waals surface area contributed by atoms with Gasteiger partial charge in [-0.25, -0.2) is 4.79 Å². The number of benzene rings is 2. The zero-order valence-corrected chi connectivity index (χ0v) is 17.4. The van der Waals surface area contributed by atoms with E-state index >= 15 is 0 Å². The third-order valence-corrected chi connectivity index (χ3v) is 3.75. The summed E-state index contributed by atoms with van der Waals surface area (Å²) in [5, 5.41) is 9.38. The number of phenolic OH excluding ortho intramolecular Hbond substituents is 1. The van der Waals surface area contributed by atoms with Crippen molar-refractivity contribution >= 4 is 18.1 Å². The first kappa shape index (κ1) is 22.0. The Morgan fingerprint density at radius 1 is 0.966 bits per heavy atom. The van der Waals surface area contributed by atoms with Gasteiger partial charge >= 0.3 is 5.97 Å². The van der Waals surface area contributed by atoms with E-state index in [-0.39, 0.29) is 11.4 Å². The molecule has 0 spiro atoms. The number of esters is 1. The van der Waals surface area contributed by atoms with E-state index < -0.39 is 12.1 Å². The van der Waals surface area contributed by atoms with Gasteiger partial charge in [-0.3, -0.25) is 0 Å². The third-order valence-electron chi connectivity index (χ3n) is 3.75. The molecule has 152 valence electrons. The second-order valence-corrected chi connectivity index (χ2v) is 7.74. The first-order valence-electron chi connectivity index (χ1n) is 9.43. The summed E-state index contributed by atoms with van der Waals surface area (Å²) < 4.78 is 11.3. The number of ether oxygens (including phenoxy) is 2. The van der Waals surface area contributed by atoms with Gasteiger partial charge in [0, 0.05) is 5.57 Å². The molecule has 0 saturated carbocycles. The van der Waals surface area contributed by atoms with E-state index in [4.69, 9.17) is 9.47 Å². The van der Waals surface area contributed by atoms with Crippen molar-refractivity contribution in [1.82, 2.24) is 0 Å². The number of hydrogen-bond acceptors (Lipinski definition) is 4. The third kappa shape index (κ3) is 8.09. The van der Waals surface area contributed by atoms with Crippen molar-refractivity contribution < 1.29 is 19.4 Å². The van der Waals surface area contributed by atoms with Gasteiger partial charge in [0.15, 0.2) is 0 Å². The molecule has 0 radical (unpaired) electrons. The van der Waals surface area contributed by atoms with E-state index in [0.29, 0.717) is 5.57 Å². The summed E-state index contributed by atoms with van der Waals surface area (Å²) in [5.74, 6) is 0.544. The molecular formula is C25H28O4. The Hall–Kier alpha value is -3.27. The number of carbonyl (C=O) groups excluding carboxylic acids is 1. The lowest BCUT2D eigenvalue weighted by Gasteiger charge is -2.21. The highest BCUT2D eigenvalue weighted by Crippen LogP contribution is 2.19. The summed E-state index contributed by atoms with van der Waals surface area (Å²) in [5.41, 5.74) is 1.93. The maximum absolute atomic E-state index is 12.0. The fourth-order valence-corrected chi connectivity index (χ4v) is 2.36. The molecule has 1 unspecified atom stereocenters. The van der Waals surface area contributed by atoms with Crippen LogP contribution in [0.5, 0.6) is 11.5 Å². The Labute approximate surface area is 172 Å². The molecule has 2 aromatic rings. The molecule has 0 aliphatic heterocycles. The van der Waals surface area contributed by atoms with Crippen molar-refractivity contribution in [2.45, 2.75) is 39.4 Å². The van der Waals surface area contributed by atoms with Crippen molar-refractivity contribution in [1.29, 1.82) is 0 Å². The van der Waals surface area contributed by atoms with Crippen LogP contribution in [0, 0.1) is 0 Å². The zero-order valence-electron chi connectivity index (χ0n) is 17.4. The van der Waals surface area contributed by atoms with E-state index in [0.717, 1.165) is 16.9 Å². The Morgan fingerprint density at radius 3 is 1.90 bits per heavy atom. The van der Waals surface area contributed by atoms with Crippen LogP contribution in [0.25, 0.3) is 12.2 Å². The fraction of sp³-hybridized carbons (Fsp3) is 0.240. The maximum atomic E-state index is 12.0. The van der Waals surface area contributed by atoms with E-state index in [9.17, 15) is 9.90 Å². The van der Waals surface area contributed by atoms with Gasteiger partial charge < -0.3 is 14.6 Å². The monoisotopic (exact) mass is 392 g/mol. The van der Waals surface area contributed by atoms with Crippen LogP contribution in [0.2, 0.25) is 0 Å². The molecule has 4 heteroatoms. The van der Waals surface area contributed by atoms with Crippen LogP contribution in [0.15, 0.2) is 72.8 Å². The smallest absolute Gasteiger partial charge is 0.334 e. The normalized spacial score (nSPS) is 12.8. The topological polar surface area (TPSA) is 55.8 Å². The minimum atomic E-state index is -0.557. The molecular weight excluding hydrogens is 364 g/mol. The number of phenols is 1. The van der Waals surface area contributed by atoms with Crippen LogP contribution in [-0.2, 0) is 9.53 Å². The maximum Gasteiger partial charge on any atom is 0.334 e. The molecule has 0 aliphatic rings. The molecule has 0 amide bonds.